The van der Waals surface area contributed by atoms with Crippen LogP contribution in [0.5, 0.6) is 0 Å². The van der Waals surface area contributed by atoms with Gasteiger partial charge in [-0.05, 0) is 37.8 Å². The molecular weight excluding hydrogens is 304 g/mol. The van der Waals surface area contributed by atoms with E-state index >= 15 is 0 Å². The van der Waals surface area contributed by atoms with Gasteiger partial charge in [0.05, 0.1) is 12.2 Å². The zero-order valence-corrected chi connectivity index (χ0v) is 13.9. The smallest absolute Gasteiger partial charge is 0.274 e. The summed E-state index contributed by atoms with van der Waals surface area (Å²) in [5.74, 6) is 0.830. The highest BCUT2D eigenvalue weighted by Crippen LogP contribution is 2.32. The molecule has 2 aliphatic rings. The second-order valence-corrected chi connectivity index (χ2v) is 6.57. The van der Waals surface area contributed by atoms with E-state index in [1.54, 1.807) is 4.68 Å². The monoisotopic (exact) mass is 326 g/mol. The number of aryl methyl sites for hydroxylation is 1. The average molecular weight is 326 g/mol. The van der Waals surface area contributed by atoms with E-state index in [2.05, 4.69) is 20.2 Å². The maximum absolute atomic E-state index is 12.9. The van der Waals surface area contributed by atoms with Gasteiger partial charge < -0.3 is 9.80 Å². The molecule has 4 heterocycles. The molecule has 24 heavy (non-hydrogen) atoms. The summed E-state index contributed by atoms with van der Waals surface area (Å²) in [7, 11) is 1.90. The third-order valence-corrected chi connectivity index (χ3v) is 4.92. The lowest BCUT2D eigenvalue weighted by Crippen LogP contribution is -2.31. The first kappa shape index (κ1) is 15.1. The van der Waals surface area contributed by atoms with E-state index in [0.717, 1.165) is 43.9 Å². The highest BCUT2D eigenvalue weighted by atomic mass is 16.2. The molecule has 0 saturated carbocycles. The van der Waals surface area contributed by atoms with Crippen LogP contribution in [0.2, 0.25) is 0 Å². The maximum Gasteiger partial charge on any atom is 0.274 e. The quantitative estimate of drug-likeness (QED) is 0.860. The summed E-state index contributed by atoms with van der Waals surface area (Å²) < 4.78 is 1.78. The molecule has 1 atom stereocenters. The molecule has 7 heteroatoms. The molecule has 126 valence electrons. The Labute approximate surface area is 141 Å². The van der Waals surface area contributed by atoms with Crippen molar-refractivity contribution in [2.24, 2.45) is 7.05 Å². The zero-order valence-electron chi connectivity index (χ0n) is 13.9. The Kier molecular flexibility index (Phi) is 3.92. The van der Waals surface area contributed by atoms with Gasteiger partial charge in [0.1, 0.15) is 0 Å². The van der Waals surface area contributed by atoms with Gasteiger partial charge in [-0.25, -0.2) is 0 Å². The third kappa shape index (κ3) is 2.74. The zero-order chi connectivity index (χ0) is 16.5. The van der Waals surface area contributed by atoms with Crippen molar-refractivity contribution in [1.29, 1.82) is 0 Å². The maximum atomic E-state index is 12.9. The summed E-state index contributed by atoms with van der Waals surface area (Å²) in [5, 5.41) is 12.7. The molecule has 0 radical (unpaired) electrons. The molecule has 0 aliphatic carbocycles. The van der Waals surface area contributed by atoms with Crippen LogP contribution in [0.25, 0.3) is 0 Å². The lowest BCUT2D eigenvalue weighted by atomic mass is 10.1. The van der Waals surface area contributed by atoms with Crippen molar-refractivity contribution in [2.45, 2.75) is 31.7 Å². The van der Waals surface area contributed by atoms with Crippen molar-refractivity contribution < 1.29 is 4.79 Å². The molecule has 7 nitrogen and oxygen atoms in total. The Bertz CT molecular complexity index is 719. The highest BCUT2D eigenvalue weighted by Gasteiger charge is 2.32. The predicted octanol–water partition coefficient (Wildman–Crippen LogP) is 1.79. The van der Waals surface area contributed by atoms with E-state index in [0.29, 0.717) is 5.69 Å². The Morgan fingerprint density at radius 2 is 1.96 bits per heavy atom. The molecule has 2 aromatic rings. The second-order valence-electron chi connectivity index (χ2n) is 6.57. The van der Waals surface area contributed by atoms with E-state index < -0.39 is 0 Å². The van der Waals surface area contributed by atoms with E-state index in [4.69, 9.17) is 0 Å². The largest absolute Gasteiger partial charge is 0.355 e. The van der Waals surface area contributed by atoms with Gasteiger partial charge in [0.15, 0.2) is 11.5 Å². The minimum atomic E-state index is -0.0400. The molecule has 2 aliphatic heterocycles. The average Bonchev–Trinajstić information content (AvgIpc) is 3.35. The second kappa shape index (κ2) is 6.22. The number of aromatic nitrogens is 4. The van der Waals surface area contributed by atoms with Gasteiger partial charge in [0, 0.05) is 38.4 Å². The van der Waals surface area contributed by atoms with Crippen molar-refractivity contribution in [3.63, 3.8) is 0 Å². The number of hydrogen-bond donors (Lipinski definition) is 0. The Balaban J connectivity index is 1.52. The molecule has 2 saturated heterocycles. The number of amides is 1. The first-order chi connectivity index (χ1) is 11.7. The molecular formula is C17H22N6O. The van der Waals surface area contributed by atoms with Gasteiger partial charge in [-0.15, -0.1) is 10.2 Å². The normalized spacial score (nSPS) is 20.8. The molecule has 4 rings (SSSR count). The molecule has 0 unspecified atom stereocenters. The van der Waals surface area contributed by atoms with Crippen molar-refractivity contribution in [1.82, 2.24) is 24.9 Å². The minimum absolute atomic E-state index is 0.0400. The van der Waals surface area contributed by atoms with Crippen LogP contribution in [0.4, 0.5) is 5.82 Å². The first-order valence-electron chi connectivity index (χ1n) is 8.60. The van der Waals surface area contributed by atoms with Crippen molar-refractivity contribution in [3.05, 3.63) is 35.8 Å². The highest BCUT2D eigenvalue weighted by molar-refractivity contribution is 5.92. The van der Waals surface area contributed by atoms with Crippen LogP contribution in [-0.2, 0) is 7.05 Å². The number of hydrogen-bond acceptors (Lipinski definition) is 5. The van der Waals surface area contributed by atoms with Crippen LogP contribution in [0.3, 0.4) is 0 Å². The van der Waals surface area contributed by atoms with Crippen molar-refractivity contribution in [2.75, 3.05) is 24.5 Å². The van der Waals surface area contributed by atoms with E-state index in [-0.39, 0.29) is 11.9 Å². The fraction of sp³-hybridized carbons (Fsp3) is 0.529. The first-order valence-corrected chi connectivity index (χ1v) is 8.60. The number of nitrogens with zero attached hydrogens (tertiary/aromatic N) is 6. The fourth-order valence-corrected chi connectivity index (χ4v) is 3.67. The van der Waals surface area contributed by atoms with Gasteiger partial charge in [-0.3, -0.25) is 9.48 Å². The topological polar surface area (TPSA) is 67.2 Å². The van der Waals surface area contributed by atoms with Gasteiger partial charge in [-0.2, -0.15) is 5.10 Å². The van der Waals surface area contributed by atoms with E-state index in [1.807, 2.05) is 36.5 Å². The summed E-state index contributed by atoms with van der Waals surface area (Å²) in [6.45, 7) is 2.81. The summed E-state index contributed by atoms with van der Waals surface area (Å²) in [5.41, 5.74) is 1.51. The summed E-state index contributed by atoms with van der Waals surface area (Å²) in [4.78, 5) is 17.0. The van der Waals surface area contributed by atoms with Gasteiger partial charge >= 0.3 is 0 Å². The molecule has 1 amide bonds. The van der Waals surface area contributed by atoms with Crippen LogP contribution in [0, 0.1) is 0 Å². The molecule has 2 fully saturated rings. The predicted molar refractivity (Wildman–Crippen MR) is 89.7 cm³/mol. The number of carbonyl (C=O) groups is 1. The Morgan fingerprint density at radius 1 is 1.12 bits per heavy atom. The van der Waals surface area contributed by atoms with Crippen LogP contribution in [0.15, 0.2) is 24.5 Å². The summed E-state index contributed by atoms with van der Waals surface area (Å²) in [6, 6.07) is 3.81. The van der Waals surface area contributed by atoms with E-state index in [1.165, 1.54) is 12.8 Å². The van der Waals surface area contributed by atoms with Crippen LogP contribution >= 0.6 is 0 Å². The summed E-state index contributed by atoms with van der Waals surface area (Å²) >= 11 is 0. The van der Waals surface area contributed by atoms with Crippen molar-refractivity contribution >= 4 is 11.7 Å². The molecule has 0 aromatic carbocycles. The Morgan fingerprint density at radius 3 is 2.62 bits per heavy atom. The molecule has 0 spiro atoms. The van der Waals surface area contributed by atoms with Crippen LogP contribution in [-0.4, -0.2) is 50.4 Å². The van der Waals surface area contributed by atoms with Crippen molar-refractivity contribution in [3.8, 4) is 0 Å². The lowest BCUT2D eigenvalue weighted by molar-refractivity contribution is 0.0728. The number of carbonyl (C=O) groups excluding carboxylic acids is 1. The van der Waals surface area contributed by atoms with Gasteiger partial charge in [-0.1, -0.05) is 0 Å². The molecule has 2 aromatic heterocycles. The van der Waals surface area contributed by atoms with Gasteiger partial charge in [0.2, 0.25) is 0 Å². The molecule has 0 bridgehead atoms. The van der Waals surface area contributed by atoms with Gasteiger partial charge in [0.25, 0.3) is 5.91 Å². The third-order valence-electron chi connectivity index (χ3n) is 4.92. The molecule has 0 N–H and O–H groups in total. The Hall–Kier alpha value is -2.44. The minimum Gasteiger partial charge on any atom is -0.355 e. The van der Waals surface area contributed by atoms with E-state index in [9.17, 15) is 4.79 Å². The SMILES string of the molecule is Cn1cc([C@H]2CCCN2C(=O)c2ccc(N3CCCC3)nn2)cn1. The fourth-order valence-electron chi connectivity index (χ4n) is 3.67. The van der Waals surface area contributed by atoms with Crippen LogP contribution in [0.1, 0.15) is 47.8 Å². The standard InChI is InChI=1S/C17H22N6O/c1-21-12-13(11-18-21)15-5-4-10-23(15)17(24)14-6-7-16(20-19-14)22-8-2-3-9-22/h6-7,11-12,15H,2-5,8-10H2,1H3/t15-/m1/s1. The summed E-state index contributed by atoms with van der Waals surface area (Å²) in [6.07, 6.45) is 8.20. The van der Waals surface area contributed by atoms with Crippen LogP contribution < -0.4 is 4.90 Å². The number of rotatable bonds is 3. The lowest BCUT2D eigenvalue weighted by Gasteiger charge is -2.23. The number of likely N-dealkylation sites (tertiary alicyclic amines) is 1. The number of anilines is 1.